The average molecular weight is 273 g/mol. The Labute approximate surface area is 113 Å². The van der Waals surface area contributed by atoms with Crippen LogP contribution in [0.25, 0.3) is 5.52 Å². The lowest BCUT2D eigenvalue weighted by Crippen LogP contribution is -2.11. The summed E-state index contributed by atoms with van der Waals surface area (Å²) in [5, 5.41) is 7.21. The van der Waals surface area contributed by atoms with Gasteiger partial charge in [0.15, 0.2) is 0 Å². The molecule has 0 atom stereocenters. The summed E-state index contributed by atoms with van der Waals surface area (Å²) in [5.74, 6) is -0.233. The highest BCUT2D eigenvalue weighted by Crippen LogP contribution is 2.15. The Hall–Kier alpha value is -2.40. The predicted octanol–water partition coefficient (Wildman–Crippen LogP) is 2.64. The van der Waals surface area contributed by atoms with Crippen LogP contribution in [0.2, 0.25) is 5.15 Å². The van der Waals surface area contributed by atoms with E-state index in [-0.39, 0.29) is 5.91 Å². The van der Waals surface area contributed by atoms with Gasteiger partial charge in [0.25, 0.3) is 5.91 Å². The fourth-order valence-corrected chi connectivity index (χ4v) is 1.96. The monoisotopic (exact) mass is 272 g/mol. The Morgan fingerprint density at radius 1 is 1.32 bits per heavy atom. The topological polar surface area (TPSA) is 59.3 Å². The van der Waals surface area contributed by atoms with Gasteiger partial charge in [-0.3, -0.25) is 4.79 Å². The molecule has 0 aliphatic heterocycles. The van der Waals surface area contributed by atoms with Crippen molar-refractivity contribution in [3.8, 4) is 0 Å². The summed E-state index contributed by atoms with van der Waals surface area (Å²) >= 11 is 5.77. The molecule has 1 N–H and O–H groups in total. The SMILES string of the molecule is O=C(Nc1ccnc(Cl)c1)c1cnn2ccccc12. The van der Waals surface area contributed by atoms with Gasteiger partial charge >= 0.3 is 0 Å². The fourth-order valence-electron chi connectivity index (χ4n) is 1.79. The van der Waals surface area contributed by atoms with E-state index in [1.54, 1.807) is 22.8 Å². The summed E-state index contributed by atoms with van der Waals surface area (Å²) in [4.78, 5) is 16.0. The molecule has 0 aliphatic carbocycles. The number of carbonyl (C=O) groups is 1. The van der Waals surface area contributed by atoms with Gasteiger partial charge < -0.3 is 5.32 Å². The van der Waals surface area contributed by atoms with Crippen molar-refractivity contribution < 1.29 is 4.79 Å². The van der Waals surface area contributed by atoms with E-state index in [1.165, 1.54) is 12.4 Å². The van der Waals surface area contributed by atoms with Gasteiger partial charge in [-0.1, -0.05) is 17.7 Å². The summed E-state index contributed by atoms with van der Waals surface area (Å²) < 4.78 is 1.65. The van der Waals surface area contributed by atoms with Crippen molar-refractivity contribution in [3.05, 3.63) is 59.6 Å². The van der Waals surface area contributed by atoms with Gasteiger partial charge in [0, 0.05) is 18.1 Å². The number of hydrogen-bond acceptors (Lipinski definition) is 3. The Balaban J connectivity index is 1.92. The highest BCUT2D eigenvalue weighted by atomic mass is 35.5. The zero-order chi connectivity index (χ0) is 13.2. The number of nitrogens with one attached hydrogen (secondary N) is 1. The summed E-state index contributed by atoms with van der Waals surface area (Å²) in [6, 6.07) is 8.81. The third-order valence-corrected chi connectivity index (χ3v) is 2.86. The minimum Gasteiger partial charge on any atom is -0.322 e. The molecule has 3 rings (SSSR count). The second-order valence-corrected chi connectivity index (χ2v) is 4.30. The van der Waals surface area contributed by atoms with Crippen LogP contribution < -0.4 is 5.32 Å². The van der Waals surface area contributed by atoms with Crippen LogP contribution >= 0.6 is 11.6 Å². The van der Waals surface area contributed by atoms with Gasteiger partial charge in [0.1, 0.15) is 5.15 Å². The number of halogens is 1. The van der Waals surface area contributed by atoms with Crippen LogP contribution in [0.4, 0.5) is 5.69 Å². The van der Waals surface area contributed by atoms with Crippen molar-refractivity contribution in [2.24, 2.45) is 0 Å². The zero-order valence-corrected chi connectivity index (χ0v) is 10.5. The summed E-state index contributed by atoms with van der Waals surface area (Å²) in [6.07, 6.45) is 4.86. The molecule has 0 bridgehead atoms. The van der Waals surface area contributed by atoms with Crippen molar-refractivity contribution in [2.75, 3.05) is 5.32 Å². The van der Waals surface area contributed by atoms with Crippen LogP contribution in [-0.2, 0) is 0 Å². The number of pyridine rings is 2. The number of rotatable bonds is 2. The van der Waals surface area contributed by atoms with Crippen LogP contribution in [0.15, 0.2) is 48.9 Å². The Bertz CT molecular complexity index is 753. The van der Waals surface area contributed by atoms with E-state index in [0.29, 0.717) is 16.4 Å². The maximum Gasteiger partial charge on any atom is 0.259 e. The Morgan fingerprint density at radius 2 is 2.21 bits per heavy atom. The minimum atomic E-state index is -0.233. The lowest BCUT2D eigenvalue weighted by Gasteiger charge is -2.03. The fraction of sp³-hybridized carbons (Fsp3) is 0. The largest absolute Gasteiger partial charge is 0.322 e. The van der Waals surface area contributed by atoms with E-state index in [4.69, 9.17) is 11.6 Å². The molecule has 0 saturated carbocycles. The molecular weight excluding hydrogens is 264 g/mol. The predicted molar refractivity (Wildman–Crippen MR) is 72.4 cm³/mol. The summed E-state index contributed by atoms with van der Waals surface area (Å²) in [7, 11) is 0. The number of aromatic nitrogens is 3. The van der Waals surface area contributed by atoms with Gasteiger partial charge in [0.2, 0.25) is 0 Å². The maximum absolute atomic E-state index is 12.2. The van der Waals surface area contributed by atoms with Crippen LogP contribution in [0, 0.1) is 0 Å². The summed E-state index contributed by atoms with van der Waals surface area (Å²) in [5.41, 5.74) is 1.86. The highest BCUT2D eigenvalue weighted by Gasteiger charge is 2.12. The van der Waals surface area contributed by atoms with Gasteiger partial charge in [-0.25, -0.2) is 9.50 Å². The molecule has 0 saturated heterocycles. The van der Waals surface area contributed by atoms with Crippen molar-refractivity contribution >= 4 is 28.7 Å². The number of amides is 1. The van der Waals surface area contributed by atoms with Crippen molar-refractivity contribution in [1.29, 1.82) is 0 Å². The molecule has 3 heterocycles. The molecule has 6 heteroatoms. The van der Waals surface area contributed by atoms with Gasteiger partial charge in [-0.05, 0) is 24.3 Å². The third-order valence-electron chi connectivity index (χ3n) is 2.66. The van der Waals surface area contributed by atoms with Crippen molar-refractivity contribution in [3.63, 3.8) is 0 Å². The molecule has 3 aromatic heterocycles. The first kappa shape index (κ1) is 11.7. The molecule has 19 heavy (non-hydrogen) atoms. The molecule has 94 valence electrons. The first-order valence-electron chi connectivity index (χ1n) is 5.59. The van der Waals surface area contributed by atoms with Crippen LogP contribution in [-0.4, -0.2) is 20.5 Å². The van der Waals surface area contributed by atoms with Gasteiger partial charge in [0.05, 0.1) is 17.3 Å². The van der Waals surface area contributed by atoms with E-state index in [0.717, 1.165) is 5.52 Å². The van der Waals surface area contributed by atoms with Crippen molar-refractivity contribution in [1.82, 2.24) is 14.6 Å². The molecular formula is C13H9ClN4O. The second-order valence-electron chi connectivity index (χ2n) is 3.91. The number of anilines is 1. The number of fused-ring (bicyclic) bond motifs is 1. The zero-order valence-electron chi connectivity index (χ0n) is 9.75. The molecule has 0 fully saturated rings. The first-order chi connectivity index (χ1) is 9.24. The molecule has 0 aromatic carbocycles. The molecule has 0 radical (unpaired) electrons. The molecule has 0 spiro atoms. The smallest absolute Gasteiger partial charge is 0.259 e. The average Bonchev–Trinajstić information content (AvgIpc) is 2.82. The van der Waals surface area contributed by atoms with Crippen LogP contribution in [0.1, 0.15) is 10.4 Å². The van der Waals surface area contributed by atoms with Crippen LogP contribution in [0.3, 0.4) is 0 Å². The van der Waals surface area contributed by atoms with Gasteiger partial charge in [-0.15, -0.1) is 0 Å². The molecule has 5 nitrogen and oxygen atoms in total. The van der Waals surface area contributed by atoms with E-state index in [2.05, 4.69) is 15.4 Å². The molecule has 3 aromatic rings. The highest BCUT2D eigenvalue weighted by molar-refractivity contribution is 6.29. The van der Waals surface area contributed by atoms with E-state index < -0.39 is 0 Å². The lowest BCUT2D eigenvalue weighted by molar-refractivity contribution is 0.102. The third kappa shape index (κ3) is 2.28. The standard InChI is InChI=1S/C13H9ClN4O/c14-12-7-9(4-5-15-12)17-13(19)10-8-16-18-6-2-1-3-11(10)18/h1-8H,(H,15,17,19). The molecule has 0 aliphatic rings. The maximum atomic E-state index is 12.2. The van der Waals surface area contributed by atoms with E-state index in [1.807, 2.05) is 18.2 Å². The van der Waals surface area contributed by atoms with Crippen molar-refractivity contribution in [2.45, 2.75) is 0 Å². The number of nitrogens with zero attached hydrogens (tertiary/aromatic N) is 3. The molecule has 0 unspecified atom stereocenters. The lowest BCUT2D eigenvalue weighted by atomic mass is 10.2. The quantitative estimate of drug-likeness (QED) is 0.730. The Morgan fingerprint density at radius 3 is 3.05 bits per heavy atom. The number of carbonyl (C=O) groups excluding carboxylic acids is 1. The summed E-state index contributed by atoms with van der Waals surface area (Å²) in [6.45, 7) is 0. The van der Waals surface area contributed by atoms with Crippen LogP contribution in [0.5, 0.6) is 0 Å². The van der Waals surface area contributed by atoms with Gasteiger partial charge in [-0.2, -0.15) is 5.10 Å². The normalized spacial score (nSPS) is 10.6. The Kier molecular flexibility index (Phi) is 2.89. The van der Waals surface area contributed by atoms with E-state index >= 15 is 0 Å². The minimum absolute atomic E-state index is 0.233. The van der Waals surface area contributed by atoms with E-state index in [9.17, 15) is 4.79 Å². The molecule has 1 amide bonds. The first-order valence-corrected chi connectivity index (χ1v) is 5.97. The number of hydrogen-bond donors (Lipinski definition) is 1. The second kappa shape index (κ2) is 4.70.